The van der Waals surface area contributed by atoms with E-state index >= 15 is 0 Å². The number of hydrogen-bond donors (Lipinski definition) is 0. The van der Waals surface area contributed by atoms with E-state index in [1.165, 1.54) is 11.9 Å². The van der Waals surface area contributed by atoms with Crippen LogP contribution in [0.4, 0.5) is 0 Å². The Morgan fingerprint density at radius 1 is 0.955 bits per heavy atom. The first-order valence-corrected chi connectivity index (χ1v) is 17.3. The molecular formula is C38H54N2O4. The molecule has 0 aromatic carbocycles. The second-order valence-corrected chi connectivity index (χ2v) is 17.0. The highest BCUT2D eigenvalue weighted by atomic mass is 16.5. The van der Waals surface area contributed by atoms with Crippen molar-refractivity contribution >= 4 is 17.5 Å². The number of nitrogens with zero attached hydrogens (tertiary/aromatic N) is 2. The molecule has 1 aromatic rings. The Morgan fingerprint density at radius 3 is 2.34 bits per heavy atom. The van der Waals surface area contributed by atoms with E-state index in [0.29, 0.717) is 18.3 Å². The molecule has 5 aliphatic carbocycles. The van der Waals surface area contributed by atoms with Gasteiger partial charge in [-0.25, -0.2) is 9.97 Å². The standard InChI is InChI=1S/C38H54N2O4/c1-22(2)32-27(42)19-38(30(43)18-25-20-39-21-40-23(25)3)17-16-36(8)26(33(32)38)10-11-29-35(7)14-13-31(44-24(4)41)34(5,6)28(35)12-15-37(29,36)9/h20-22,26,28-29,31H,10-19H2,1-9H3/t26-,28+,29-,31+,35+,36-,37-,38+/m1/s1. The van der Waals surface area contributed by atoms with E-state index < -0.39 is 5.41 Å². The molecule has 0 aliphatic heterocycles. The van der Waals surface area contributed by atoms with Crippen molar-refractivity contribution in [3.8, 4) is 0 Å². The minimum atomic E-state index is -0.697. The van der Waals surface area contributed by atoms with Crippen molar-refractivity contribution in [1.29, 1.82) is 0 Å². The minimum absolute atomic E-state index is 0.0103. The molecule has 0 N–H and O–H groups in total. The summed E-state index contributed by atoms with van der Waals surface area (Å²) in [6.07, 6.45) is 12.1. The van der Waals surface area contributed by atoms with Crippen LogP contribution in [-0.4, -0.2) is 33.6 Å². The average Bonchev–Trinajstić information content (AvgIpc) is 3.25. The fraction of sp³-hybridized carbons (Fsp3) is 0.763. The van der Waals surface area contributed by atoms with Crippen LogP contribution in [0.1, 0.15) is 124 Å². The van der Waals surface area contributed by atoms with Crippen LogP contribution in [-0.2, 0) is 25.5 Å². The fourth-order valence-corrected chi connectivity index (χ4v) is 12.3. The molecule has 44 heavy (non-hydrogen) atoms. The maximum absolute atomic E-state index is 14.5. The van der Waals surface area contributed by atoms with Gasteiger partial charge in [-0.05, 0) is 115 Å². The molecule has 0 saturated heterocycles. The average molecular weight is 603 g/mol. The first-order chi connectivity index (χ1) is 20.5. The van der Waals surface area contributed by atoms with Crippen LogP contribution in [0.2, 0.25) is 0 Å². The highest BCUT2D eigenvalue weighted by Crippen LogP contribution is 2.76. The number of ether oxygens (including phenoxy) is 1. The molecule has 0 bridgehead atoms. The lowest BCUT2D eigenvalue weighted by molar-refractivity contribution is -0.232. The van der Waals surface area contributed by atoms with Crippen molar-refractivity contribution in [2.24, 2.45) is 50.7 Å². The number of esters is 1. The zero-order valence-corrected chi connectivity index (χ0v) is 28.6. The second-order valence-electron chi connectivity index (χ2n) is 17.0. The predicted molar refractivity (Wildman–Crippen MR) is 170 cm³/mol. The van der Waals surface area contributed by atoms with Crippen molar-refractivity contribution < 1.29 is 19.1 Å². The van der Waals surface area contributed by atoms with Gasteiger partial charge in [0.05, 0.1) is 5.41 Å². The van der Waals surface area contributed by atoms with Gasteiger partial charge >= 0.3 is 5.97 Å². The van der Waals surface area contributed by atoms with Gasteiger partial charge in [0.15, 0.2) is 5.78 Å². The summed E-state index contributed by atoms with van der Waals surface area (Å²) in [5.41, 5.74) is 3.40. The van der Waals surface area contributed by atoms with Gasteiger partial charge in [-0.2, -0.15) is 0 Å². The van der Waals surface area contributed by atoms with Crippen molar-refractivity contribution in [2.45, 2.75) is 133 Å². The Labute approximate surface area is 264 Å². The summed E-state index contributed by atoms with van der Waals surface area (Å²) in [5.74, 6) is 1.60. The number of hydrogen-bond acceptors (Lipinski definition) is 6. The van der Waals surface area contributed by atoms with Crippen LogP contribution in [0.15, 0.2) is 23.7 Å². The highest BCUT2D eigenvalue weighted by molar-refractivity contribution is 6.07. The van der Waals surface area contributed by atoms with Gasteiger partial charge < -0.3 is 4.74 Å². The molecule has 0 spiro atoms. The van der Waals surface area contributed by atoms with E-state index in [4.69, 9.17) is 4.74 Å². The third-order valence-corrected chi connectivity index (χ3v) is 14.6. The van der Waals surface area contributed by atoms with E-state index in [9.17, 15) is 14.4 Å². The molecule has 0 radical (unpaired) electrons. The van der Waals surface area contributed by atoms with Gasteiger partial charge in [0, 0.05) is 37.1 Å². The molecule has 4 saturated carbocycles. The Balaban J connectivity index is 1.39. The van der Waals surface area contributed by atoms with E-state index in [1.807, 2.05) is 6.92 Å². The van der Waals surface area contributed by atoms with Crippen molar-refractivity contribution in [2.75, 3.05) is 0 Å². The summed E-state index contributed by atoms with van der Waals surface area (Å²) in [6.45, 7) is 20.1. The summed E-state index contributed by atoms with van der Waals surface area (Å²) >= 11 is 0. The van der Waals surface area contributed by atoms with Crippen LogP contribution >= 0.6 is 0 Å². The number of carbonyl (C=O) groups excluding carboxylic acids is 3. The largest absolute Gasteiger partial charge is 0.462 e. The smallest absolute Gasteiger partial charge is 0.302 e. The molecule has 8 atom stereocenters. The zero-order valence-electron chi connectivity index (χ0n) is 28.6. The number of rotatable bonds is 5. The third-order valence-electron chi connectivity index (χ3n) is 14.6. The van der Waals surface area contributed by atoms with E-state index in [-0.39, 0.29) is 63.6 Å². The number of Topliss-reactive ketones (excluding diaryl/α,β-unsaturated/α-hetero) is 2. The second kappa shape index (κ2) is 10.3. The fourth-order valence-electron chi connectivity index (χ4n) is 12.3. The summed E-state index contributed by atoms with van der Waals surface area (Å²) in [7, 11) is 0. The SMILES string of the molecule is CC(=O)O[C@H]1CC[C@]2(C)[C@H]3CC[C@@H]4C5=C(C(C)C)C(=O)C[C@]5(C(=O)Cc5cncnc5C)CC[C@@]4(C)[C@]3(C)CC[C@H]2C1(C)C. The normalized spacial score (nSPS) is 41.0. The number of ketones is 2. The number of fused-ring (bicyclic) bond motifs is 7. The summed E-state index contributed by atoms with van der Waals surface area (Å²) in [4.78, 5) is 49.0. The van der Waals surface area contributed by atoms with Crippen molar-refractivity contribution in [3.05, 3.63) is 34.9 Å². The van der Waals surface area contributed by atoms with Gasteiger partial charge in [-0.1, -0.05) is 48.5 Å². The summed E-state index contributed by atoms with van der Waals surface area (Å²) in [5, 5.41) is 0. The molecule has 6 rings (SSSR count). The Hall–Kier alpha value is -2.37. The van der Waals surface area contributed by atoms with Gasteiger partial charge in [0.1, 0.15) is 18.2 Å². The first-order valence-electron chi connectivity index (χ1n) is 17.3. The number of aromatic nitrogens is 2. The van der Waals surface area contributed by atoms with E-state index in [2.05, 4.69) is 58.4 Å². The third kappa shape index (κ3) is 4.20. The van der Waals surface area contributed by atoms with Crippen LogP contribution in [0, 0.1) is 57.7 Å². The molecule has 5 aliphatic rings. The lowest BCUT2D eigenvalue weighted by Gasteiger charge is -2.72. The van der Waals surface area contributed by atoms with Crippen molar-refractivity contribution in [1.82, 2.24) is 9.97 Å². The number of allylic oxidation sites excluding steroid dienone is 2. The van der Waals surface area contributed by atoms with E-state index in [1.54, 1.807) is 13.1 Å². The first kappa shape index (κ1) is 31.6. The van der Waals surface area contributed by atoms with Crippen LogP contribution in [0.5, 0.6) is 0 Å². The van der Waals surface area contributed by atoms with Crippen LogP contribution in [0.3, 0.4) is 0 Å². The van der Waals surface area contributed by atoms with Gasteiger partial charge in [-0.3, -0.25) is 14.4 Å². The van der Waals surface area contributed by atoms with Gasteiger partial charge in [-0.15, -0.1) is 0 Å². The van der Waals surface area contributed by atoms with Crippen LogP contribution in [0.25, 0.3) is 0 Å². The zero-order chi connectivity index (χ0) is 32.0. The van der Waals surface area contributed by atoms with Crippen molar-refractivity contribution in [3.63, 3.8) is 0 Å². The lowest BCUT2D eigenvalue weighted by Crippen LogP contribution is -2.66. The summed E-state index contributed by atoms with van der Waals surface area (Å²) < 4.78 is 5.93. The maximum atomic E-state index is 14.5. The maximum Gasteiger partial charge on any atom is 0.302 e. The minimum Gasteiger partial charge on any atom is -0.462 e. The Kier molecular flexibility index (Phi) is 7.41. The quantitative estimate of drug-likeness (QED) is 0.320. The van der Waals surface area contributed by atoms with Crippen LogP contribution < -0.4 is 0 Å². The molecule has 1 heterocycles. The van der Waals surface area contributed by atoms with E-state index in [0.717, 1.165) is 68.2 Å². The number of aryl methyl sites for hydroxylation is 1. The Bertz CT molecular complexity index is 1430. The molecule has 1 aromatic heterocycles. The molecule has 6 nitrogen and oxygen atoms in total. The number of carbonyl (C=O) groups is 3. The molecule has 240 valence electrons. The topological polar surface area (TPSA) is 86.2 Å². The molecule has 0 unspecified atom stereocenters. The highest BCUT2D eigenvalue weighted by Gasteiger charge is 2.70. The molecule has 6 heteroatoms. The monoisotopic (exact) mass is 602 g/mol. The summed E-state index contributed by atoms with van der Waals surface area (Å²) in [6, 6.07) is 0. The molecule has 4 fully saturated rings. The Morgan fingerprint density at radius 2 is 1.68 bits per heavy atom. The molecule has 0 amide bonds. The predicted octanol–water partition coefficient (Wildman–Crippen LogP) is 7.81. The van der Waals surface area contributed by atoms with Gasteiger partial charge in [0.25, 0.3) is 0 Å². The van der Waals surface area contributed by atoms with Gasteiger partial charge in [0.2, 0.25) is 0 Å². The lowest BCUT2D eigenvalue weighted by atomic mass is 9.33. The molecular weight excluding hydrogens is 548 g/mol.